The second-order valence-corrected chi connectivity index (χ2v) is 11.1. The van der Waals surface area contributed by atoms with Gasteiger partial charge in [-0.05, 0) is 61.4 Å². The van der Waals surface area contributed by atoms with Gasteiger partial charge in [-0.15, -0.1) is 11.3 Å². The number of rotatable bonds is 0. The molecule has 6 heteroatoms. The van der Waals surface area contributed by atoms with Crippen LogP contribution in [0.4, 0.5) is 0 Å². The number of aryl methyl sites for hydroxylation is 4. The van der Waals surface area contributed by atoms with Gasteiger partial charge in [-0.2, -0.15) is 0 Å². The molecule has 0 aliphatic heterocycles. The number of hydrogen-bond acceptors (Lipinski definition) is 4. The Balaban J connectivity index is 1.38. The Hall–Kier alpha value is -4.16. The summed E-state index contributed by atoms with van der Waals surface area (Å²) < 4.78 is 26.3. The Morgan fingerprint density at radius 3 is 1.94 bits per heavy atom. The van der Waals surface area contributed by atoms with Gasteiger partial charge in [0.2, 0.25) is 0 Å². The smallest absolute Gasteiger partial charge is 0.198 e. The van der Waals surface area contributed by atoms with E-state index in [1.165, 1.54) is 26.0 Å². The number of benzene rings is 3. The molecule has 0 bridgehead atoms. The first kappa shape index (κ1) is 19.1. The van der Waals surface area contributed by atoms with Crippen LogP contribution in [0.3, 0.4) is 0 Å². The van der Waals surface area contributed by atoms with Crippen molar-refractivity contribution in [3.8, 4) is 0 Å². The second kappa shape index (κ2) is 5.97. The molecule has 0 saturated carbocycles. The molecule has 0 spiro atoms. The summed E-state index contributed by atoms with van der Waals surface area (Å²) in [4.78, 5) is 0. The van der Waals surface area contributed by atoms with E-state index in [1.807, 2.05) is 0 Å². The van der Waals surface area contributed by atoms with E-state index in [0.29, 0.717) is 0 Å². The van der Waals surface area contributed by atoms with E-state index in [4.69, 9.17) is 13.3 Å². The zero-order valence-electron chi connectivity index (χ0n) is 20.1. The molecule has 6 heterocycles. The molecule has 0 atom stereocenters. The molecule has 0 unspecified atom stereocenters. The Kier molecular flexibility index (Phi) is 3.16. The maximum atomic E-state index is 6.54. The lowest BCUT2D eigenvalue weighted by Crippen LogP contribution is -1.86. The maximum absolute atomic E-state index is 6.54. The van der Waals surface area contributed by atoms with Crippen LogP contribution in [-0.4, -0.2) is 9.13 Å². The predicted octanol–water partition coefficient (Wildman–Crippen LogP) is 9.05. The van der Waals surface area contributed by atoms with E-state index in [-0.39, 0.29) is 0 Å². The van der Waals surface area contributed by atoms with Crippen molar-refractivity contribution in [3.63, 3.8) is 0 Å². The summed E-state index contributed by atoms with van der Waals surface area (Å²) in [6.07, 6.45) is 0. The molecule has 0 fully saturated rings. The molecule has 0 radical (unpaired) electrons. The van der Waals surface area contributed by atoms with E-state index < -0.39 is 0 Å². The molecule has 0 saturated heterocycles. The highest BCUT2D eigenvalue weighted by Gasteiger charge is 2.25. The maximum Gasteiger partial charge on any atom is 0.198 e. The van der Waals surface area contributed by atoms with Crippen molar-refractivity contribution < 1.29 is 13.3 Å². The summed E-state index contributed by atoms with van der Waals surface area (Å²) in [5.41, 5.74) is 12.2. The van der Waals surface area contributed by atoms with Crippen LogP contribution in [0.15, 0.2) is 61.8 Å². The van der Waals surface area contributed by atoms with Crippen molar-refractivity contribution in [1.29, 1.82) is 0 Å². The lowest BCUT2D eigenvalue weighted by atomic mass is 10.2. The topological polar surface area (TPSA) is 49.3 Å². The van der Waals surface area contributed by atoms with Gasteiger partial charge in [0.1, 0.15) is 16.6 Å². The van der Waals surface area contributed by atoms with Gasteiger partial charge in [0.15, 0.2) is 27.9 Å². The lowest BCUT2D eigenvalue weighted by molar-refractivity contribution is 0.654. The third kappa shape index (κ3) is 2.06. The quantitative estimate of drug-likeness (QED) is 0.214. The fourth-order valence-electron chi connectivity index (χ4n) is 6.10. The SMILES string of the molecule is Cc1ccc2c3oc4c5cc6sc7c(oc8c9ccc(C)cc9n(C)c87)c6cc5oc4c3n(C)c2c1. The van der Waals surface area contributed by atoms with Crippen LogP contribution in [0.5, 0.6) is 0 Å². The van der Waals surface area contributed by atoms with Gasteiger partial charge in [0.05, 0.1) is 21.1 Å². The molecule has 36 heavy (non-hydrogen) atoms. The summed E-state index contributed by atoms with van der Waals surface area (Å²) in [6, 6.07) is 17.3. The van der Waals surface area contributed by atoms with Crippen molar-refractivity contribution >= 4 is 97.8 Å². The highest BCUT2D eigenvalue weighted by atomic mass is 32.1. The van der Waals surface area contributed by atoms with Crippen LogP contribution in [0.1, 0.15) is 11.1 Å². The zero-order chi connectivity index (χ0) is 24.0. The summed E-state index contributed by atoms with van der Waals surface area (Å²) in [6.45, 7) is 4.24. The van der Waals surface area contributed by atoms with Crippen LogP contribution in [-0.2, 0) is 14.1 Å². The van der Waals surface area contributed by atoms with E-state index in [2.05, 4.69) is 85.6 Å². The van der Waals surface area contributed by atoms with Crippen LogP contribution in [0.2, 0.25) is 0 Å². The minimum atomic E-state index is 0.802. The van der Waals surface area contributed by atoms with Gasteiger partial charge in [-0.25, -0.2) is 0 Å². The molecule has 174 valence electrons. The van der Waals surface area contributed by atoms with Crippen LogP contribution >= 0.6 is 11.3 Å². The number of hydrogen-bond donors (Lipinski definition) is 0. The highest BCUT2D eigenvalue weighted by Crippen LogP contribution is 2.47. The fraction of sp³-hybridized carbons (Fsp3) is 0.133. The molecule has 9 aromatic rings. The van der Waals surface area contributed by atoms with Crippen molar-refractivity contribution in [1.82, 2.24) is 9.13 Å². The second-order valence-electron chi connectivity index (χ2n) is 10.1. The Morgan fingerprint density at radius 1 is 0.583 bits per heavy atom. The molecule has 5 nitrogen and oxygen atoms in total. The van der Waals surface area contributed by atoms with Gasteiger partial charge in [0, 0.05) is 35.0 Å². The number of fused-ring (bicyclic) bond motifs is 14. The van der Waals surface area contributed by atoms with Crippen LogP contribution < -0.4 is 0 Å². The van der Waals surface area contributed by atoms with Crippen molar-refractivity contribution in [2.45, 2.75) is 13.8 Å². The Labute approximate surface area is 207 Å². The van der Waals surface area contributed by atoms with Crippen molar-refractivity contribution in [2.24, 2.45) is 14.1 Å². The lowest BCUT2D eigenvalue weighted by Gasteiger charge is -1.98. The zero-order valence-corrected chi connectivity index (χ0v) is 21.0. The van der Waals surface area contributed by atoms with Gasteiger partial charge in [0.25, 0.3) is 0 Å². The predicted molar refractivity (Wildman–Crippen MR) is 149 cm³/mol. The number of aromatic nitrogens is 2. The van der Waals surface area contributed by atoms with Gasteiger partial charge in [-0.3, -0.25) is 0 Å². The summed E-state index contributed by atoms with van der Waals surface area (Å²) >= 11 is 1.77. The molecule has 0 N–H and O–H groups in total. The molecule has 0 aliphatic rings. The normalized spacial score (nSPS) is 13.0. The molecule has 0 amide bonds. The fourth-order valence-corrected chi connectivity index (χ4v) is 7.33. The standard InChI is InChI=1S/C30H20N2O3S/c1-13-5-7-15-19(9-13)31(3)23-25(15)34-27-17-12-22-18(11-21(17)33-29(23)27)28-30(36-22)24-26(35-28)16-8-6-14(2)10-20(16)32(24)4/h5-12H,1-4H3. The molecule has 3 aromatic carbocycles. The third-order valence-corrected chi connectivity index (χ3v) is 9.01. The number of thiophene rings is 1. The van der Waals surface area contributed by atoms with Crippen LogP contribution in [0, 0.1) is 13.8 Å². The molecule has 6 aromatic heterocycles. The van der Waals surface area contributed by atoms with Gasteiger partial charge < -0.3 is 22.4 Å². The molecular formula is C30H20N2O3S. The van der Waals surface area contributed by atoms with E-state index in [1.54, 1.807) is 11.3 Å². The van der Waals surface area contributed by atoms with Gasteiger partial charge in [-0.1, -0.05) is 12.1 Å². The molecular weight excluding hydrogens is 468 g/mol. The minimum Gasteiger partial charge on any atom is -0.452 e. The van der Waals surface area contributed by atoms with E-state index in [0.717, 1.165) is 71.6 Å². The third-order valence-electron chi connectivity index (χ3n) is 7.87. The summed E-state index contributed by atoms with van der Waals surface area (Å²) in [5.74, 6) is 0. The average molecular weight is 489 g/mol. The number of furan rings is 3. The molecule has 0 aliphatic carbocycles. The first-order valence-corrected chi connectivity index (χ1v) is 12.9. The van der Waals surface area contributed by atoms with E-state index in [9.17, 15) is 0 Å². The summed E-state index contributed by atoms with van der Waals surface area (Å²) in [7, 11) is 4.20. The minimum absolute atomic E-state index is 0.802. The average Bonchev–Trinajstić information content (AvgIpc) is 3.65. The van der Waals surface area contributed by atoms with Crippen molar-refractivity contribution in [3.05, 3.63) is 59.7 Å². The van der Waals surface area contributed by atoms with Crippen LogP contribution in [0.25, 0.3) is 86.5 Å². The monoisotopic (exact) mass is 488 g/mol. The number of nitrogens with zero attached hydrogens (tertiary/aromatic N) is 2. The summed E-state index contributed by atoms with van der Waals surface area (Å²) in [5, 5.41) is 4.35. The highest BCUT2D eigenvalue weighted by molar-refractivity contribution is 7.26. The van der Waals surface area contributed by atoms with E-state index >= 15 is 0 Å². The van der Waals surface area contributed by atoms with Gasteiger partial charge >= 0.3 is 0 Å². The Morgan fingerprint density at radius 2 is 1.22 bits per heavy atom. The Bertz CT molecular complexity index is 2240. The largest absolute Gasteiger partial charge is 0.452 e. The van der Waals surface area contributed by atoms with Crippen molar-refractivity contribution in [2.75, 3.05) is 0 Å². The first-order valence-electron chi connectivity index (χ1n) is 12.1. The first-order chi connectivity index (χ1) is 17.5. The molecule has 9 rings (SSSR count).